The van der Waals surface area contributed by atoms with Crippen LogP contribution in [0.25, 0.3) is 17.0 Å². The first-order chi connectivity index (χ1) is 11.7. The summed E-state index contributed by atoms with van der Waals surface area (Å²) in [5.74, 6) is 0.352. The van der Waals surface area contributed by atoms with Gasteiger partial charge in [-0.3, -0.25) is 4.79 Å². The molecule has 1 saturated heterocycles. The minimum atomic E-state index is -0.741. The van der Waals surface area contributed by atoms with Gasteiger partial charge >= 0.3 is 5.97 Å². The molecular weight excluding hydrogens is 306 g/mol. The molecule has 122 valence electrons. The summed E-state index contributed by atoms with van der Waals surface area (Å²) in [5, 5.41) is 22.3. The van der Waals surface area contributed by atoms with E-state index in [0.29, 0.717) is 18.0 Å². The highest BCUT2D eigenvalue weighted by Gasteiger charge is 2.26. The smallest absolute Gasteiger partial charge is 0.308 e. The summed E-state index contributed by atoms with van der Waals surface area (Å²) in [6.07, 6.45) is 1.57. The second-order valence-corrected chi connectivity index (χ2v) is 5.97. The van der Waals surface area contributed by atoms with Crippen molar-refractivity contribution in [2.75, 3.05) is 18.0 Å². The van der Waals surface area contributed by atoms with E-state index in [-0.39, 0.29) is 5.92 Å². The number of hydrogen-bond donors (Lipinski definition) is 1. The fourth-order valence-electron chi connectivity index (χ4n) is 3.10. The highest BCUT2D eigenvalue weighted by molar-refractivity contribution is 5.71. The van der Waals surface area contributed by atoms with Crippen LogP contribution in [0.2, 0.25) is 0 Å². The molecule has 0 spiro atoms. The van der Waals surface area contributed by atoms with E-state index in [1.54, 1.807) is 4.52 Å². The van der Waals surface area contributed by atoms with Crippen molar-refractivity contribution in [1.29, 1.82) is 0 Å². The zero-order chi connectivity index (χ0) is 16.5. The predicted molar refractivity (Wildman–Crippen MR) is 88.8 cm³/mol. The number of hydrogen-bond acceptors (Lipinski definition) is 5. The van der Waals surface area contributed by atoms with Gasteiger partial charge in [0.15, 0.2) is 11.5 Å². The third kappa shape index (κ3) is 2.58. The zero-order valence-corrected chi connectivity index (χ0v) is 13.0. The zero-order valence-electron chi connectivity index (χ0n) is 13.0. The molecule has 7 heteroatoms. The predicted octanol–water partition coefficient (Wildman–Crippen LogP) is 2.09. The van der Waals surface area contributed by atoms with E-state index in [4.69, 9.17) is 0 Å². The molecule has 24 heavy (non-hydrogen) atoms. The maximum absolute atomic E-state index is 11.3. The SMILES string of the molecule is O=C(O)C1CCCN(c2ccc3nnc(-c4ccccc4)n3n2)C1. The van der Waals surface area contributed by atoms with Crippen molar-refractivity contribution in [1.82, 2.24) is 19.8 Å². The number of benzene rings is 1. The normalized spacial score (nSPS) is 18.0. The van der Waals surface area contributed by atoms with E-state index in [1.807, 2.05) is 47.4 Å². The Morgan fingerprint density at radius 3 is 2.75 bits per heavy atom. The van der Waals surface area contributed by atoms with Crippen LogP contribution in [0.1, 0.15) is 12.8 Å². The summed E-state index contributed by atoms with van der Waals surface area (Å²) in [7, 11) is 0. The van der Waals surface area contributed by atoms with Crippen LogP contribution in [0.4, 0.5) is 5.82 Å². The minimum Gasteiger partial charge on any atom is -0.481 e. The Hall–Kier alpha value is -2.96. The van der Waals surface area contributed by atoms with E-state index in [2.05, 4.69) is 15.3 Å². The molecule has 3 aromatic rings. The first-order valence-corrected chi connectivity index (χ1v) is 7.98. The average Bonchev–Trinajstić information content (AvgIpc) is 3.05. The van der Waals surface area contributed by atoms with Crippen molar-refractivity contribution < 1.29 is 9.90 Å². The molecule has 0 bridgehead atoms. The lowest BCUT2D eigenvalue weighted by Crippen LogP contribution is -2.39. The molecule has 7 nitrogen and oxygen atoms in total. The number of aliphatic carboxylic acids is 1. The van der Waals surface area contributed by atoms with E-state index >= 15 is 0 Å². The van der Waals surface area contributed by atoms with Gasteiger partial charge in [0.1, 0.15) is 5.82 Å². The maximum Gasteiger partial charge on any atom is 0.308 e. The van der Waals surface area contributed by atoms with Gasteiger partial charge in [-0.1, -0.05) is 30.3 Å². The van der Waals surface area contributed by atoms with Gasteiger partial charge in [0.2, 0.25) is 0 Å². The molecule has 1 unspecified atom stereocenters. The Morgan fingerprint density at radius 2 is 1.96 bits per heavy atom. The molecule has 1 atom stereocenters. The third-order valence-electron chi connectivity index (χ3n) is 4.38. The van der Waals surface area contributed by atoms with Gasteiger partial charge in [0.25, 0.3) is 0 Å². The summed E-state index contributed by atoms with van der Waals surface area (Å²) in [6.45, 7) is 1.29. The minimum absolute atomic E-state index is 0.342. The topological polar surface area (TPSA) is 83.6 Å². The fourth-order valence-corrected chi connectivity index (χ4v) is 3.10. The van der Waals surface area contributed by atoms with Crippen LogP contribution in [0.3, 0.4) is 0 Å². The van der Waals surface area contributed by atoms with Gasteiger partial charge in [0, 0.05) is 18.7 Å². The molecular formula is C17H17N5O2. The largest absolute Gasteiger partial charge is 0.481 e. The number of piperidine rings is 1. The Balaban J connectivity index is 1.71. The Bertz CT molecular complexity index is 877. The molecule has 1 fully saturated rings. The molecule has 1 N–H and O–H groups in total. The molecule has 0 aliphatic carbocycles. The molecule has 1 aliphatic rings. The molecule has 3 heterocycles. The lowest BCUT2D eigenvalue weighted by atomic mass is 9.98. The summed E-state index contributed by atoms with van der Waals surface area (Å²) < 4.78 is 1.72. The van der Waals surface area contributed by atoms with Gasteiger partial charge in [0.05, 0.1) is 5.92 Å². The van der Waals surface area contributed by atoms with Gasteiger partial charge in [-0.25, -0.2) is 0 Å². The number of carboxylic acids is 1. The van der Waals surface area contributed by atoms with Crippen LogP contribution in [0, 0.1) is 5.92 Å². The third-order valence-corrected chi connectivity index (χ3v) is 4.38. The molecule has 0 radical (unpaired) electrons. The molecule has 1 aliphatic heterocycles. The van der Waals surface area contributed by atoms with Gasteiger partial charge in [-0.05, 0) is 25.0 Å². The summed E-state index contributed by atoms with van der Waals surface area (Å²) in [5.41, 5.74) is 1.61. The number of anilines is 1. The van der Waals surface area contributed by atoms with E-state index in [1.165, 1.54) is 0 Å². The van der Waals surface area contributed by atoms with E-state index in [9.17, 15) is 9.90 Å². The van der Waals surface area contributed by atoms with Gasteiger partial charge in [-0.15, -0.1) is 15.3 Å². The second kappa shape index (κ2) is 5.92. The van der Waals surface area contributed by atoms with Crippen molar-refractivity contribution in [3.8, 4) is 11.4 Å². The lowest BCUT2D eigenvalue weighted by molar-refractivity contribution is -0.141. The summed E-state index contributed by atoms with van der Waals surface area (Å²) in [4.78, 5) is 13.3. The molecule has 0 saturated carbocycles. The number of nitrogens with zero attached hydrogens (tertiary/aromatic N) is 5. The summed E-state index contributed by atoms with van der Waals surface area (Å²) >= 11 is 0. The van der Waals surface area contributed by atoms with Crippen LogP contribution in [-0.4, -0.2) is 44.0 Å². The monoisotopic (exact) mass is 323 g/mol. The Morgan fingerprint density at radius 1 is 1.12 bits per heavy atom. The number of carbonyl (C=O) groups is 1. The standard InChI is InChI=1S/C17H17N5O2/c23-17(24)13-7-4-10-21(11-13)15-9-8-14-18-19-16(22(14)20-15)12-5-2-1-3-6-12/h1-3,5-6,8-9,13H,4,7,10-11H2,(H,23,24). The first kappa shape index (κ1) is 14.6. The van der Waals surface area contributed by atoms with Crippen LogP contribution in [0.5, 0.6) is 0 Å². The molecule has 1 aromatic carbocycles. The van der Waals surface area contributed by atoms with Crippen molar-refractivity contribution >= 4 is 17.4 Å². The number of aromatic nitrogens is 4. The quantitative estimate of drug-likeness (QED) is 0.794. The fraction of sp³-hybridized carbons (Fsp3) is 0.294. The van der Waals surface area contributed by atoms with E-state index < -0.39 is 5.97 Å². The molecule has 2 aromatic heterocycles. The van der Waals surface area contributed by atoms with Crippen LogP contribution in [-0.2, 0) is 4.79 Å². The first-order valence-electron chi connectivity index (χ1n) is 7.98. The number of carboxylic acid groups (broad SMARTS) is 1. The molecule has 4 rings (SSSR count). The highest BCUT2D eigenvalue weighted by Crippen LogP contribution is 2.23. The molecule has 0 amide bonds. The summed E-state index contributed by atoms with van der Waals surface area (Å²) in [6, 6.07) is 13.5. The lowest BCUT2D eigenvalue weighted by Gasteiger charge is -2.31. The maximum atomic E-state index is 11.3. The Labute approximate surface area is 138 Å². The van der Waals surface area contributed by atoms with Crippen LogP contribution < -0.4 is 4.90 Å². The van der Waals surface area contributed by atoms with Crippen molar-refractivity contribution in [3.63, 3.8) is 0 Å². The van der Waals surface area contributed by atoms with Crippen LogP contribution in [0.15, 0.2) is 42.5 Å². The van der Waals surface area contributed by atoms with E-state index in [0.717, 1.165) is 30.8 Å². The highest BCUT2D eigenvalue weighted by atomic mass is 16.4. The van der Waals surface area contributed by atoms with Gasteiger partial charge < -0.3 is 10.0 Å². The van der Waals surface area contributed by atoms with Gasteiger partial charge in [-0.2, -0.15) is 4.52 Å². The Kier molecular flexibility index (Phi) is 3.60. The number of fused-ring (bicyclic) bond motifs is 1. The second-order valence-electron chi connectivity index (χ2n) is 5.97. The number of rotatable bonds is 3. The van der Waals surface area contributed by atoms with Crippen molar-refractivity contribution in [2.24, 2.45) is 5.92 Å². The van der Waals surface area contributed by atoms with Crippen LogP contribution >= 0.6 is 0 Å². The average molecular weight is 323 g/mol. The van der Waals surface area contributed by atoms with Crippen molar-refractivity contribution in [3.05, 3.63) is 42.5 Å². The van der Waals surface area contributed by atoms with Crippen molar-refractivity contribution in [2.45, 2.75) is 12.8 Å².